The number of anilines is 1. The molecule has 0 saturated carbocycles. The minimum Gasteiger partial charge on any atom is -0.495 e. The Morgan fingerprint density at radius 1 is 1.03 bits per heavy atom. The highest BCUT2D eigenvalue weighted by Gasteiger charge is 2.23. The monoisotopic (exact) mass is 447 g/mol. The van der Waals surface area contributed by atoms with Gasteiger partial charge in [0.25, 0.3) is 5.91 Å². The molecule has 0 spiro atoms. The van der Waals surface area contributed by atoms with Gasteiger partial charge in [0.15, 0.2) is 6.61 Å². The summed E-state index contributed by atoms with van der Waals surface area (Å²) in [4.78, 5) is 16.7. The minimum atomic E-state index is -3.52. The summed E-state index contributed by atoms with van der Waals surface area (Å²) in [6, 6.07) is 13.9. The molecule has 0 aliphatic carbocycles. The van der Waals surface area contributed by atoms with Crippen molar-refractivity contribution < 1.29 is 22.7 Å². The number of nitrogens with zero attached hydrogens (tertiary/aromatic N) is 2. The number of hydrogen-bond donors (Lipinski definition) is 1. The van der Waals surface area contributed by atoms with Crippen LogP contribution in [0, 0.1) is 0 Å². The van der Waals surface area contributed by atoms with Gasteiger partial charge in [-0.05, 0) is 42.8 Å². The third-order valence-corrected chi connectivity index (χ3v) is 6.57. The van der Waals surface area contributed by atoms with Gasteiger partial charge in [-0.15, -0.1) is 0 Å². The quantitative estimate of drug-likeness (QED) is 0.634. The van der Waals surface area contributed by atoms with Crippen molar-refractivity contribution >= 4 is 21.6 Å². The first-order chi connectivity index (χ1) is 14.9. The van der Waals surface area contributed by atoms with E-state index >= 15 is 0 Å². The Kier molecular flexibility index (Phi) is 7.75. The van der Waals surface area contributed by atoms with Gasteiger partial charge < -0.3 is 19.3 Å². The molecule has 1 amide bonds. The summed E-state index contributed by atoms with van der Waals surface area (Å²) < 4.78 is 37.8. The number of benzene rings is 2. The largest absolute Gasteiger partial charge is 0.495 e. The molecule has 0 radical (unpaired) electrons. The Labute approximate surface area is 183 Å². The lowest BCUT2D eigenvalue weighted by Crippen LogP contribution is -2.50. The van der Waals surface area contributed by atoms with Gasteiger partial charge in [0.05, 0.1) is 17.7 Å². The Bertz CT molecular complexity index is 971. The molecule has 1 heterocycles. The van der Waals surface area contributed by atoms with Gasteiger partial charge in [-0.2, -0.15) is 0 Å². The van der Waals surface area contributed by atoms with Gasteiger partial charge in [-0.1, -0.05) is 19.1 Å². The molecule has 1 fully saturated rings. The fourth-order valence-corrected chi connectivity index (χ4v) is 4.49. The van der Waals surface area contributed by atoms with Crippen molar-refractivity contribution in [3.8, 4) is 11.5 Å². The van der Waals surface area contributed by atoms with Crippen molar-refractivity contribution in [1.29, 1.82) is 0 Å². The van der Waals surface area contributed by atoms with Crippen molar-refractivity contribution in [2.45, 2.75) is 18.2 Å². The molecule has 0 atom stereocenters. The Morgan fingerprint density at radius 3 is 2.35 bits per heavy atom. The fraction of sp³-hybridized carbons (Fsp3) is 0.409. The standard InChI is InChI=1S/C22H29N3O5S/c1-3-12-23-31(27,28)19-10-8-18(9-11-19)30-17-22(26)25-15-13-24(14-16-25)20-6-4-5-7-21(20)29-2/h4-11,23H,3,12-17H2,1-2H3. The summed E-state index contributed by atoms with van der Waals surface area (Å²) in [6.07, 6.45) is 0.718. The van der Waals surface area contributed by atoms with Crippen molar-refractivity contribution in [3.05, 3.63) is 48.5 Å². The molecular formula is C22H29N3O5S. The number of hydrogen-bond acceptors (Lipinski definition) is 6. The Morgan fingerprint density at radius 2 is 1.71 bits per heavy atom. The van der Waals surface area contributed by atoms with E-state index in [2.05, 4.69) is 9.62 Å². The number of carbonyl (C=O) groups excluding carboxylic acids is 1. The maximum Gasteiger partial charge on any atom is 0.260 e. The number of rotatable bonds is 9. The van der Waals surface area contributed by atoms with Gasteiger partial charge in [0.1, 0.15) is 11.5 Å². The molecule has 2 aromatic carbocycles. The van der Waals surface area contributed by atoms with E-state index in [0.717, 1.165) is 17.9 Å². The average molecular weight is 448 g/mol. The molecular weight excluding hydrogens is 418 g/mol. The summed E-state index contributed by atoms with van der Waals surface area (Å²) in [5.41, 5.74) is 1.02. The second-order valence-corrected chi connectivity index (χ2v) is 8.96. The van der Waals surface area contributed by atoms with Gasteiger partial charge in [0.2, 0.25) is 10.0 Å². The summed E-state index contributed by atoms with van der Waals surface area (Å²) >= 11 is 0. The number of carbonyl (C=O) groups is 1. The van der Waals surface area contributed by atoms with E-state index in [4.69, 9.17) is 9.47 Å². The molecule has 8 nitrogen and oxygen atoms in total. The lowest BCUT2D eigenvalue weighted by Gasteiger charge is -2.36. The molecule has 0 unspecified atom stereocenters. The molecule has 9 heteroatoms. The highest BCUT2D eigenvalue weighted by molar-refractivity contribution is 7.89. The lowest BCUT2D eigenvalue weighted by molar-refractivity contribution is -0.133. The van der Waals surface area contributed by atoms with Crippen LogP contribution in [-0.2, 0) is 14.8 Å². The first kappa shape index (κ1) is 22.9. The van der Waals surface area contributed by atoms with E-state index < -0.39 is 10.0 Å². The topological polar surface area (TPSA) is 88.2 Å². The highest BCUT2D eigenvalue weighted by Crippen LogP contribution is 2.28. The normalized spacial score (nSPS) is 14.4. The van der Waals surface area contributed by atoms with E-state index in [1.54, 1.807) is 24.1 Å². The second kappa shape index (κ2) is 10.5. The molecule has 0 bridgehead atoms. The zero-order valence-corrected chi connectivity index (χ0v) is 18.7. The van der Waals surface area contributed by atoms with Crippen LogP contribution in [0.1, 0.15) is 13.3 Å². The van der Waals surface area contributed by atoms with E-state index in [9.17, 15) is 13.2 Å². The molecule has 1 N–H and O–H groups in total. The lowest BCUT2D eigenvalue weighted by atomic mass is 10.2. The van der Waals surface area contributed by atoms with Crippen molar-refractivity contribution in [1.82, 2.24) is 9.62 Å². The molecule has 3 rings (SSSR count). The van der Waals surface area contributed by atoms with Crippen LogP contribution < -0.4 is 19.1 Å². The number of methoxy groups -OCH3 is 1. The highest BCUT2D eigenvalue weighted by atomic mass is 32.2. The third kappa shape index (κ3) is 5.89. The van der Waals surface area contributed by atoms with Crippen LogP contribution in [0.25, 0.3) is 0 Å². The Balaban J connectivity index is 1.49. The van der Waals surface area contributed by atoms with Gasteiger partial charge in [-0.25, -0.2) is 13.1 Å². The van der Waals surface area contributed by atoms with Crippen LogP contribution in [0.4, 0.5) is 5.69 Å². The second-order valence-electron chi connectivity index (χ2n) is 7.20. The molecule has 1 aliphatic rings. The van der Waals surface area contributed by atoms with Crippen molar-refractivity contribution in [2.75, 3.05) is 51.3 Å². The third-order valence-electron chi connectivity index (χ3n) is 5.10. The molecule has 168 valence electrons. The number of sulfonamides is 1. The summed E-state index contributed by atoms with van der Waals surface area (Å²) in [5, 5.41) is 0. The van der Waals surface area contributed by atoms with Crippen LogP contribution in [0.2, 0.25) is 0 Å². The number of ether oxygens (including phenoxy) is 2. The van der Waals surface area contributed by atoms with Crippen LogP contribution in [0.5, 0.6) is 11.5 Å². The summed E-state index contributed by atoms with van der Waals surface area (Å²) in [6.45, 7) is 4.82. The molecule has 1 saturated heterocycles. The molecule has 31 heavy (non-hydrogen) atoms. The van der Waals surface area contributed by atoms with Crippen LogP contribution in [0.3, 0.4) is 0 Å². The van der Waals surface area contributed by atoms with Crippen LogP contribution in [-0.4, -0.2) is 65.7 Å². The smallest absolute Gasteiger partial charge is 0.260 e. The first-order valence-corrected chi connectivity index (χ1v) is 11.8. The van der Waals surface area contributed by atoms with Crippen molar-refractivity contribution in [2.24, 2.45) is 0 Å². The Hall–Kier alpha value is -2.78. The van der Waals surface area contributed by atoms with Gasteiger partial charge in [-0.3, -0.25) is 4.79 Å². The zero-order chi connectivity index (χ0) is 22.3. The van der Waals surface area contributed by atoms with Crippen LogP contribution in [0.15, 0.2) is 53.4 Å². The van der Waals surface area contributed by atoms with Gasteiger partial charge in [0, 0.05) is 32.7 Å². The molecule has 2 aromatic rings. The average Bonchev–Trinajstić information content (AvgIpc) is 2.81. The SMILES string of the molecule is CCCNS(=O)(=O)c1ccc(OCC(=O)N2CCN(c3ccccc3OC)CC2)cc1. The zero-order valence-electron chi connectivity index (χ0n) is 17.9. The maximum atomic E-state index is 12.5. The maximum absolute atomic E-state index is 12.5. The molecule has 1 aliphatic heterocycles. The fourth-order valence-electron chi connectivity index (χ4n) is 3.36. The van der Waals surface area contributed by atoms with E-state index in [-0.39, 0.29) is 17.4 Å². The first-order valence-electron chi connectivity index (χ1n) is 10.3. The van der Waals surface area contributed by atoms with Crippen LogP contribution >= 0.6 is 0 Å². The number of nitrogens with one attached hydrogen (secondary N) is 1. The molecule has 0 aromatic heterocycles. The minimum absolute atomic E-state index is 0.0885. The number of piperazine rings is 1. The number of para-hydroxylation sites is 2. The number of amides is 1. The van der Waals surface area contributed by atoms with Gasteiger partial charge >= 0.3 is 0 Å². The van der Waals surface area contributed by atoms with E-state index in [1.165, 1.54) is 12.1 Å². The summed E-state index contributed by atoms with van der Waals surface area (Å²) in [5.74, 6) is 1.18. The predicted molar refractivity (Wildman–Crippen MR) is 119 cm³/mol. The van der Waals surface area contributed by atoms with E-state index in [0.29, 0.717) is 38.5 Å². The summed E-state index contributed by atoms with van der Waals surface area (Å²) in [7, 11) is -1.86. The predicted octanol–water partition coefficient (Wildman–Crippen LogP) is 2.11. The van der Waals surface area contributed by atoms with E-state index in [1.807, 2.05) is 31.2 Å². The van der Waals surface area contributed by atoms with Crippen molar-refractivity contribution in [3.63, 3.8) is 0 Å².